The Morgan fingerprint density at radius 1 is 1.22 bits per heavy atom. The van der Waals surface area contributed by atoms with E-state index < -0.39 is 0 Å². The molecule has 142 valence electrons. The van der Waals surface area contributed by atoms with Crippen molar-refractivity contribution in [3.8, 4) is 5.75 Å². The van der Waals surface area contributed by atoms with Crippen LogP contribution in [0.1, 0.15) is 18.9 Å². The fourth-order valence-corrected chi connectivity index (χ4v) is 3.53. The second-order valence-electron chi connectivity index (χ2n) is 6.59. The highest BCUT2D eigenvalue weighted by atomic mass is 35.5. The molecule has 1 aliphatic heterocycles. The molecule has 27 heavy (non-hydrogen) atoms. The smallest absolute Gasteiger partial charge is 0.228 e. The molecule has 2 aromatic rings. The van der Waals surface area contributed by atoms with Gasteiger partial charge in [-0.15, -0.1) is 0 Å². The van der Waals surface area contributed by atoms with Crippen molar-refractivity contribution in [2.45, 2.75) is 19.9 Å². The van der Waals surface area contributed by atoms with Gasteiger partial charge in [-0.3, -0.25) is 9.59 Å². The van der Waals surface area contributed by atoms with Crippen LogP contribution >= 0.6 is 11.6 Å². The topological polar surface area (TPSA) is 49.9 Å². The van der Waals surface area contributed by atoms with E-state index in [0.29, 0.717) is 36.2 Å². The maximum Gasteiger partial charge on any atom is 0.228 e. The van der Waals surface area contributed by atoms with Crippen LogP contribution in [0.3, 0.4) is 0 Å². The lowest BCUT2D eigenvalue weighted by molar-refractivity contribution is -0.135. The van der Waals surface area contributed by atoms with E-state index in [4.69, 9.17) is 16.3 Å². The van der Waals surface area contributed by atoms with Crippen LogP contribution in [0.4, 0.5) is 5.69 Å². The molecule has 1 fully saturated rings. The third-order valence-electron chi connectivity index (χ3n) is 4.67. The van der Waals surface area contributed by atoms with Gasteiger partial charge < -0.3 is 14.5 Å². The molecule has 1 aliphatic rings. The van der Waals surface area contributed by atoms with E-state index in [1.54, 1.807) is 22.9 Å². The maximum atomic E-state index is 12.9. The maximum absolute atomic E-state index is 12.9. The zero-order valence-electron chi connectivity index (χ0n) is 15.5. The molecular formula is C21H23ClN2O3. The summed E-state index contributed by atoms with van der Waals surface area (Å²) in [5, 5.41) is 0.631. The summed E-state index contributed by atoms with van der Waals surface area (Å²) >= 11 is 6.19. The Hall–Kier alpha value is -2.53. The van der Waals surface area contributed by atoms with Gasteiger partial charge in [-0.25, -0.2) is 0 Å². The standard InChI is InChI=1S/C21H23ClN2O3/c1-3-27-19-11-7-6-10-18(19)24-14-16(12-20(24)25)21(26)23(2)13-15-8-4-5-9-17(15)22/h4-11,16H,3,12-14H2,1-2H3. The van der Waals surface area contributed by atoms with Crippen molar-refractivity contribution >= 4 is 29.1 Å². The zero-order chi connectivity index (χ0) is 19.4. The first-order valence-corrected chi connectivity index (χ1v) is 9.39. The van der Waals surface area contributed by atoms with Crippen LogP contribution in [-0.4, -0.2) is 36.9 Å². The van der Waals surface area contributed by atoms with Crippen molar-refractivity contribution in [3.63, 3.8) is 0 Å². The average molecular weight is 387 g/mol. The first-order valence-electron chi connectivity index (χ1n) is 9.01. The Morgan fingerprint density at radius 2 is 1.93 bits per heavy atom. The monoisotopic (exact) mass is 386 g/mol. The molecule has 0 radical (unpaired) electrons. The number of ether oxygens (including phenoxy) is 1. The highest BCUT2D eigenvalue weighted by Crippen LogP contribution is 2.33. The molecule has 1 heterocycles. The Labute approximate surface area is 164 Å². The second-order valence-corrected chi connectivity index (χ2v) is 7.00. The van der Waals surface area contributed by atoms with Gasteiger partial charge in [0, 0.05) is 31.6 Å². The Kier molecular flexibility index (Phi) is 6.01. The number of hydrogen-bond donors (Lipinski definition) is 0. The van der Waals surface area contributed by atoms with E-state index in [9.17, 15) is 9.59 Å². The lowest BCUT2D eigenvalue weighted by Gasteiger charge is -2.23. The summed E-state index contributed by atoms with van der Waals surface area (Å²) in [5.74, 6) is 0.164. The van der Waals surface area contributed by atoms with Crippen molar-refractivity contribution in [2.75, 3.05) is 25.1 Å². The van der Waals surface area contributed by atoms with Gasteiger partial charge in [-0.05, 0) is 30.7 Å². The summed E-state index contributed by atoms with van der Waals surface area (Å²) in [4.78, 5) is 28.7. The van der Waals surface area contributed by atoms with Gasteiger partial charge in [0.05, 0.1) is 18.2 Å². The second kappa shape index (κ2) is 8.44. The summed E-state index contributed by atoms with van der Waals surface area (Å²) < 4.78 is 5.63. The summed E-state index contributed by atoms with van der Waals surface area (Å²) in [5.41, 5.74) is 1.60. The van der Waals surface area contributed by atoms with Crippen molar-refractivity contribution in [1.82, 2.24) is 4.90 Å². The first kappa shape index (κ1) is 19.2. The number of para-hydroxylation sites is 2. The van der Waals surface area contributed by atoms with Gasteiger partial charge >= 0.3 is 0 Å². The predicted octanol–water partition coefficient (Wildman–Crippen LogP) is 3.75. The number of anilines is 1. The summed E-state index contributed by atoms with van der Waals surface area (Å²) in [6.07, 6.45) is 0.201. The van der Waals surface area contributed by atoms with Gasteiger partial charge in [0.25, 0.3) is 0 Å². The number of rotatable bonds is 6. The molecule has 0 saturated carbocycles. The molecule has 0 N–H and O–H groups in total. The minimum atomic E-state index is -0.375. The highest BCUT2D eigenvalue weighted by molar-refractivity contribution is 6.31. The average Bonchev–Trinajstić information content (AvgIpc) is 3.05. The van der Waals surface area contributed by atoms with Crippen LogP contribution in [0.25, 0.3) is 0 Å². The number of nitrogens with zero attached hydrogens (tertiary/aromatic N) is 2. The molecule has 6 heteroatoms. The number of benzene rings is 2. The molecule has 1 atom stereocenters. The van der Waals surface area contributed by atoms with Gasteiger partial charge in [0.1, 0.15) is 5.75 Å². The normalized spacial score (nSPS) is 16.5. The number of hydrogen-bond acceptors (Lipinski definition) is 3. The molecule has 0 spiro atoms. The van der Waals surface area contributed by atoms with E-state index in [0.717, 1.165) is 5.56 Å². The molecule has 2 amide bonds. The third-order valence-corrected chi connectivity index (χ3v) is 5.04. The SMILES string of the molecule is CCOc1ccccc1N1CC(C(=O)N(C)Cc2ccccc2Cl)CC1=O. The first-order chi connectivity index (χ1) is 13.0. The predicted molar refractivity (Wildman–Crippen MR) is 106 cm³/mol. The zero-order valence-corrected chi connectivity index (χ0v) is 16.3. The Morgan fingerprint density at radius 3 is 2.67 bits per heavy atom. The van der Waals surface area contributed by atoms with Crippen molar-refractivity contribution in [2.24, 2.45) is 5.92 Å². The Bertz CT molecular complexity index is 840. The van der Waals surface area contributed by atoms with E-state index in [1.165, 1.54) is 0 Å². The van der Waals surface area contributed by atoms with Crippen LogP contribution in [0.2, 0.25) is 5.02 Å². The quantitative estimate of drug-likeness (QED) is 0.759. The van der Waals surface area contributed by atoms with Crippen LogP contribution in [-0.2, 0) is 16.1 Å². The van der Waals surface area contributed by atoms with Crippen molar-refractivity contribution in [3.05, 3.63) is 59.1 Å². The van der Waals surface area contributed by atoms with Crippen LogP contribution in [0.15, 0.2) is 48.5 Å². The molecule has 0 aliphatic carbocycles. The largest absolute Gasteiger partial charge is 0.492 e. The molecule has 1 saturated heterocycles. The van der Waals surface area contributed by atoms with Crippen LogP contribution in [0.5, 0.6) is 5.75 Å². The van der Waals surface area contributed by atoms with Crippen molar-refractivity contribution in [1.29, 1.82) is 0 Å². The minimum absolute atomic E-state index is 0.0559. The molecule has 3 rings (SSSR count). The number of carbonyl (C=O) groups excluding carboxylic acids is 2. The van der Waals surface area contributed by atoms with Gasteiger partial charge in [-0.1, -0.05) is 41.9 Å². The van der Waals surface area contributed by atoms with E-state index in [2.05, 4.69) is 0 Å². The highest BCUT2D eigenvalue weighted by Gasteiger charge is 2.37. The van der Waals surface area contributed by atoms with Crippen LogP contribution < -0.4 is 9.64 Å². The molecule has 0 bridgehead atoms. The Balaban J connectivity index is 1.71. The number of halogens is 1. The van der Waals surface area contributed by atoms with E-state index in [1.807, 2.05) is 49.4 Å². The summed E-state index contributed by atoms with van der Waals surface area (Å²) in [7, 11) is 1.74. The fraction of sp³-hybridized carbons (Fsp3) is 0.333. The van der Waals surface area contributed by atoms with Gasteiger partial charge in [0.15, 0.2) is 0 Å². The van der Waals surface area contributed by atoms with Crippen LogP contribution in [0, 0.1) is 5.92 Å². The molecule has 2 aromatic carbocycles. The van der Waals surface area contributed by atoms with Gasteiger partial charge in [0.2, 0.25) is 11.8 Å². The summed E-state index contributed by atoms with van der Waals surface area (Å²) in [6, 6.07) is 14.9. The minimum Gasteiger partial charge on any atom is -0.492 e. The lowest BCUT2D eigenvalue weighted by Crippen LogP contribution is -2.34. The summed E-state index contributed by atoms with van der Waals surface area (Å²) in [6.45, 7) is 3.19. The van der Waals surface area contributed by atoms with Gasteiger partial charge in [-0.2, -0.15) is 0 Å². The molecule has 0 aromatic heterocycles. The number of amides is 2. The fourth-order valence-electron chi connectivity index (χ4n) is 3.34. The lowest BCUT2D eigenvalue weighted by atomic mass is 10.1. The van der Waals surface area contributed by atoms with E-state index >= 15 is 0 Å². The molecule has 5 nitrogen and oxygen atoms in total. The molecule has 1 unspecified atom stereocenters. The molecular weight excluding hydrogens is 364 g/mol. The van der Waals surface area contributed by atoms with Crippen molar-refractivity contribution < 1.29 is 14.3 Å². The number of carbonyl (C=O) groups is 2. The third kappa shape index (κ3) is 4.25. The van der Waals surface area contributed by atoms with E-state index in [-0.39, 0.29) is 24.2 Å².